The molecule has 2 nitrogen and oxygen atoms in total. The Hall–Kier alpha value is -1.16. The SMILES string of the molecule is CSc1cc(C(Cl)=NNc2ccccc2)c(Cl)cc1C. The van der Waals surface area contributed by atoms with E-state index in [0.29, 0.717) is 10.2 Å². The summed E-state index contributed by atoms with van der Waals surface area (Å²) >= 11 is 14.1. The first-order valence-electron chi connectivity index (χ1n) is 6.00. The molecule has 0 aliphatic heterocycles. The molecule has 2 aromatic carbocycles. The van der Waals surface area contributed by atoms with Crippen LogP contribution in [0, 0.1) is 6.92 Å². The summed E-state index contributed by atoms with van der Waals surface area (Å²) in [5.41, 5.74) is 5.65. The second-order valence-corrected chi connectivity index (χ2v) is 5.80. The predicted octanol–water partition coefficient (Wildman–Crippen LogP) is 5.38. The third kappa shape index (κ3) is 3.69. The van der Waals surface area contributed by atoms with Crippen LogP contribution in [0.25, 0.3) is 0 Å². The number of thioether (sulfide) groups is 1. The number of halogens is 2. The summed E-state index contributed by atoms with van der Waals surface area (Å²) in [4.78, 5) is 1.14. The van der Waals surface area contributed by atoms with Gasteiger partial charge in [0, 0.05) is 10.5 Å². The first-order chi connectivity index (χ1) is 9.61. The van der Waals surface area contributed by atoms with Crippen LogP contribution in [0.4, 0.5) is 5.69 Å². The summed E-state index contributed by atoms with van der Waals surface area (Å²) in [5, 5.41) is 5.11. The Labute approximate surface area is 133 Å². The zero-order valence-corrected chi connectivity index (χ0v) is 13.5. The molecule has 0 saturated carbocycles. The zero-order chi connectivity index (χ0) is 14.5. The van der Waals surface area contributed by atoms with E-state index < -0.39 is 0 Å². The number of hydrazone groups is 1. The second-order valence-electron chi connectivity index (χ2n) is 4.18. The van der Waals surface area contributed by atoms with Crippen molar-refractivity contribution in [2.24, 2.45) is 5.10 Å². The van der Waals surface area contributed by atoms with E-state index in [4.69, 9.17) is 23.2 Å². The van der Waals surface area contributed by atoms with Gasteiger partial charge in [-0.15, -0.1) is 11.8 Å². The molecule has 0 amide bonds. The minimum Gasteiger partial charge on any atom is -0.277 e. The third-order valence-electron chi connectivity index (χ3n) is 2.76. The molecule has 0 aromatic heterocycles. The lowest BCUT2D eigenvalue weighted by Gasteiger charge is -2.08. The number of benzene rings is 2. The average Bonchev–Trinajstić information content (AvgIpc) is 2.46. The van der Waals surface area contributed by atoms with E-state index in [9.17, 15) is 0 Å². The Balaban J connectivity index is 2.26. The molecule has 20 heavy (non-hydrogen) atoms. The van der Waals surface area contributed by atoms with E-state index >= 15 is 0 Å². The standard InChI is InChI=1S/C15H14Cl2N2S/c1-10-8-13(16)12(9-14(10)20-2)15(17)19-18-11-6-4-3-5-7-11/h3-9,18H,1-2H3. The fourth-order valence-electron chi connectivity index (χ4n) is 1.72. The van der Waals surface area contributed by atoms with Gasteiger partial charge < -0.3 is 0 Å². The maximum absolute atomic E-state index is 6.24. The van der Waals surface area contributed by atoms with Gasteiger partial charge in [0.25, 0.3) is 0 Å². The fourth-order valence-corrected chi connectivity index (χ4v) is 2.89. The summed E-state index contributed by atoms with van der Waals surface area (Å²) in [6.07, 6.45) is 2.02. The Morgan fingerprint density at radius 2 is 1.90 bits per heavy atom. The van der Waals surface area contributed by atoms with E-state index in [1.165, 1.54) is 0 Å². The molecular weight excluding hydrogens is 311 g/mol. The van der Waals surface area contributed by atoms with Crippen LogP contribution in [-0.2, 0) is 0 Å². The molecule has 0 atom stereocenters. The number of anilines is 1. The van der Waals surface area contributed by atoms with Crippen LogP contribution in [0.5, 0.6) is 0 Å². The van der Waals surface area contributed by atoms with Gasteiger partial charge in [-0.2, -0.15) is 5.10 Å². The number of nitrogens with zero attached hydrogens (tertiary/aromatic N) is 1. The summed E-state index contributed by atoms with van der Waals surface area (Å²) in [5.74, 6) is 0. The Morgan fingerprint density at radius 1 is 1.20 bits per heavy atom. The maximum Gasteiger partial charge on any atom is 0.158 e. The normalized spacial score (nSPS) is 11.5. The number of rotatable bonds is 4. The zero-order valence-electron chi connectivity index (χ0n) is 11.2. The molecule has 0 radical (unpaired) electrons. The highest BCUT2D eigenvalue weighted by Gasteiger charge is 2.10. The van der Waals surface area contributed by atoms with Crippen LogP contribution < -0.4 is 5.43 Å². The van der Waals surface area contributed by atoms with Crippen molar-refractivity contribution in [3.05, 3.63) is 58.6 Å². The van der Waals surface area contributed by atoms with Crippen molar-refractivity contribution >= 4 is 45.8 Å². The van der Waals surface area contributed by atoms with Crippen molar-refractivity contribution in [3.63, 3.8) is 0 Å². The molecule has 2 aromatic rings. The fraction of sp³-hybridized carbons (Fsp3) is 0.133. The molecule has 0 saturated heterocycles. The van der Waals surface area contributed by atoms with Crippen LogP contribution in [-0.4, -0.2) is 11.4 Å². The molecule has 0 unspecified atom stereocenters. The van der Waals surface area contributed by atoms with E-state index in [0.717, 1.165) is 21.7 Å². The minimum atomic E-state index is 0.342. The van der Waals surface area contributed by atoms with Crippen LogP contribution in [0.15, 0.2) is 52.5 Å². The van der Waals surface area contributed by atoms with Crippen LogP contribution in [0.3, 0.4) is 0 Å². The van der Waals surface area contributed by atoms with Crippen LogP contribution >= 0.6 is 35.0 Å². The molecule has 0 bridgehead atoms. The lowest BCUT2D eigenvalue weighted by Crippen LogP contribution is -1.99. The summed E-state index contributed by atoms with van der Waals surface area (Å²) in [6, 6.07) is 13.5. The number of aryl methyl sites for hydroxylation is 1. The van der Waals surface area contributed by atoms with E-state index in [-0.39, 0.29) is 0 Å². The van der Waals surface area contributed by atoms with Gasteiger partial charge >= 0.3 is 0 Å². The highest BCUT2D eigenvalue weighted by molar-refractivity contribution is 7.98. The van der Waals surface area contributed by atoms with Gasteiger partial charge in [-0.1, -0.05) is 41.4 Å². The average molecular weight is 325 g/mol. The minimum absolute atomic E-state index is 0.342. The first kappa shape index (κ1) is 15.2. The summed E-state index contributed by atoms with van der Waals surface area (Å²) < 4.78 is 0. The molecule has 5 heteroatoms. The molecule has 0 fully saturated rings. The Bertz CT molecular complexity index is 627. The maximum atomic E-state index is 6.24. The van der Waals surface area contributed by atoms with E-state index in [2.05, 4.69) is 10.5 Å². The van der Waals surface area contributed by atoms with E-state index in [1.54, 1.807) is 11.8 Å². The first-order valence-corrected chi connectivity index (χ1v) is 7.98. The highest BCUT2D eigenvalue weighted by atomic mass is 35.5. The van der Waals surface area contributed by atoms with Crippen LogP contribution in [0.1, 0.15) is 11.1 Å². The summed E-state index contributed by atoms with van der Waals surface area (Å²) in [6.45, 7) is 2.02. The van der Waals surface area contributed by atoms with Crippen molar-refractivity contribution in [3.8, 4) is 0 Å². The molecule has 0 aliphatic carbocycles. The topological polar surface area (TPSA) is 24.4 Å². The van der Waals surface area contributed by atoms with Gasteiger partial charge in [0.2, 0.25) is 0 Å². The van der Waals surface area contributed by atoms with Crippen molar-refractivity contribution in [2.75, 3.05) is 11.7 Å². The summed E-state index contributed by atoms with van der Waals surface area (Å²) in [7, 11) is 0. The van der Waals surface area contributed by atoms with Crippen molar-refractivity contribution < 1.29 is 0 Å². The molecular formula is C15H14Cl2N2S. The third-order valence-corrected chi connectivity index (χ3v) is 4.24. The quantitative estimate of drug-likeness (QED) is 0.463. The second kappa shape index (κ2) is 7.02. The number of hydrogen-bond donors (Lipinski definition) is 1. The molecule has 2 rings (SSSR count). The van der Waals surface area contributed by atoms with Crippen molar-refractivity contribution in [1.29, 1.82) is 0 Å². The van der Waals surface area contributed by atoms with Crippen LogP contribution in [0.2, 0.25) is 5.02 Å². The van der Waals surface area contributed by atoms with Gasteiger partial charge in [0.1, 0.15) is 0 Å². The predicted molar refractivity (Wildman–Crippen MR) is 90.4 cm³/mol. The van der Waals surface area contributed by atoms with Gasteiger partial charge in [0.15, 0.2) is 5.17 Å². The molecule has 104 valence electrons. The number of hydrogen-bond acceptors (Lipinski definition) is 3. The monoisotopic (exact) mass is 324 g/mol. The van der Waals surface area contributed by atoms with Gasteiger partial charge in [-0.05, 0) is 43.0 Å². The van der Waals surface area contributed by atoms with Gasteiger partial charge in [0.05, 0.1) is 10.7 Å². The van der Waals surface area contributed by atoms with Crippen molar-refractivity contribution in [1.82, 2.24) is 0 Å². The van der Waals surface area contributed by atoms with Gasteiger partial charge in [-0.25, -0.2) is 0 Å². The molecule has 0 spiro atoms. The smallest absolute Gasteiger partial charge is 0.158 e. The largest absolute Gasteiger partial charge is 0.277 e. The van der Waals surface area contributed by atoms with Gasteiger partial charge in [-0.3, -0.25) is 5.43 Å². The number of nitrogens with one attached hydrogen (secondary N) is 1. The molecule has 1 N–H and O–H groups in total. The van der Waals surface area contributed by atoms with Crippen molar-refractivity contribution in [2.45, 2.75) is 11.8 Å². The molecule has 0 aliphatic rings. The lowest BCUT2D eigenvalue weighted by molar-refractivity contribution is 1.29. The highest BCUT2D eigenvalue weighted by Crippen LogP contribution is 2.28. The lowest BCUT2D eigenvalue weighted by atomic mass is 10.1. The Morgan fingerprint density at radius 3 is 2.55 bits per heavy atom. The number of para-hydroxylation sites is 1. The Kier molecular flexibility index (Phi) is 5.35. The van der Waals surface area contributed by atoms with E-state index in [1.807, 2.05) is 55.6 Å². The molecule has 0 heterocycles.